The Bertz CT molecular complexity index is 624. The Morgan fingerprint density at radius 2 is 2.00 bits per heavy atom. The van der Waals surface area contributed by atoms with E-state index < -0.39 is 0 Å². The Morgan fingerprint density at radius 3 is 2.75 bits per heavy atom. The van der Waals surface area contributed by atoms with Crippen molar-refractivity contribution in [1.29, 1.82) is 5.26 Å². The molecule has 0 atom stereocenters. The molecule has 0 aliphatic heterocycles. The van der Waals surface area contributed by atoms with Crippen LogP contribution in [0.15, 0.2) is 53.6 Å². The minimum absolute atomic E-state index is 0.494. The van der Waals surface area contributed by atoms with Crippen molar-refractivity contribution in [2.24, 2.45) is 5.10 Å². The molecule has 0 unspecified atom stereocenters. The summed E-state index contributed by atoms with van der Waals surface area (Å²) in [5, 5.41) is 12.6. The molecule has 0 amide bonds. The van der Waals surface area contributed by atoms with Gasteiger partial charge in [0.25, 0.3) is 0 Å². The standard InChI is InChI=1S/C17H17N3/c1-14-9-10-16(20-19-12-6-5-11-18)13-17(14)15-7-3-2-4-8-15/h2-4,7-10,12-13,20H,5-6H2,1H3. The van der Waals surface area contributed by atoms with Gasteiger partial charge in [0.15, 0.2) is 0 Å². The van der Waals surface area contributed by atoms with Gasteiger partial charge in [-0.25, -0.2) is 0 Å². The molecular weight excluding hydrogens is 246 g/mol. The molecule has 0 heterocycles. The maximum atomic E-state index is 8.44. The van der Waals surface area contributed by atoms with Crippen molar-refractivity contribution < 1.29 is 0 Å². The third-order valence-corrected chi connectivity index (χ3v) is 2.99. The van der Waals surface area contributed by atoms with Crippen LogP contribution < -0.4 is 5.43 Å². The van der Waals surface area contributed by atoms with E-state index in [0.717, 1.165) is 5.69 Å². The number of benzene rings is 2. The summed E-state index contributed by atoms with van der Waals surface area (Å²) in [7, 11) is 0. The molecular formula is C17H17N3. The van der Waals surface area contributed by atoms with Crippen LogP contribution in [0.1, 0.15) is 18.4 Å². The Labute approximate surface area is 119 Å². The van der Waals surface area contributed by atoms with E-state index in [2.05, 4.69) is 47.8 Å². The van der Waals surface area contributed by atoms with Gasteiger partial charge >= 0.3 is 0 Å². The molecule has 0 aromatic heterocycles. The lowest BCUT2D eigenvalue weighted by molar-refractivity contribution is 1.11. The largest absolute Gasteiger partial charge is 0.279 e. The Kier molecular flexibility index (Phi) is 4.91. The van der Waals surface area contributed by atoms with E-state index >= 15 is 0 Å². The van der Waals surface area contributed by atoms with E-state index in [1.54, 1.807) is 6.21 Å². The fourth-order valence-electron chi connectivity index (χ4n) is 1.93. The van der Waals surface area contributed by atoms with E-state index in [-0.39, 0.29) is 0 Å². The van der Waals surface area contributed by atoms with Crippen molar-refractivity contribution in [2.75, 3.05) is 5.43 Å². The summed E-state index contributed by atoms with van der Waals surface area (Å²) in [6.07, 6.45) is 2.89. The molecule has 0 fully saturated rings. The number of rotatable bonds is 5. The Morgan fingerprint density at radius 1 is 1.20 bits per heavy atom. The zero-order chi connectivity index (χ0) is 14.2. The van der Waals surface area contributed by atoms with Gasteiger partial charge in [-0.3, -0.25) is 5.43 Å². The summed E-state index contributed by atoms with van der Waals surface area (Å²) in [6.45, 7) is 2.10. The minimum atomic E-state index is 0.494. The summed E-state index contributed by atoms with van der Waals surface area (Å²) in [5.74, 6) is 0. The van der Waals surface area contributed by atoms with Crippen LogP contribution in [0.2, 0.25) is 0 Å². The number of hydrogen-bond donors (Lipinski definition) is 1. The van der Waals surface area contributed by atoms with Crippen LogP contribution in [-0.4, -0.2) is 6.21 Å². The lowest BCUT2D eigenvalue weighted by Gasteiger charge is -2.08. The number of anilines is 1. The number of aryl methyl sites for hydroxylation is 1. The van der Waals surface area contributed by atoms with E-state index in [1.807, 2.05) is 24.3 Å². The van der Waals surface area contributed by atoms with E-state index in [4.69, 9.17) is 5.26 Å². The molecule has 100 valence electrons. The molecule has 2 aromatic carbocycles. The lowest BCUT2D eigenvalue weighted by atomic mass is 10.0. The van der Waals surface area contributed by atoms with Crippen LogP contribution >= 0.6 is 0 Å². The SMILES string of the molecule is Cc1ccc(NN=CCCC#N)cc1-c1ccccc1. The Hall–Kier alpha value is -2.60. The molecule has 0 aliphatic carbocycles. The van der Waals surface area contributed by atoms with Gasteiger partial charge in [0, 0.05) is 12.6 Å². The minimum Gasteiger partial charge on any atom is -0.279 e. The zero-order valence-corrected chi connectivity index (χ0v) is 11.5. The number of unbranched alkanes of at least 4 members (excludes halogenated alkanes) is 1. The summed E-state index contributed by atoms with van der Waals surface area (Å²) >= 11 is 0. The molecule has 0 aliphatic rings. The van der Waals surface area contributed by atoms with Crippen molar-refractivity contribution in [3.63, 3.8) is 0 Å². The maximum Gasteiger partial charge on any atom is 0.0625 e. The van der Waals surface area contributed by atoms with E-state index in [9.17, 15) is 0 Å². The average Bonchev–Trinajstić information content (AvgIpc) is 2.49. The fourth-order valence-corrected chi connectivity index (χ4v) is 1.93. The van der Waals surface area contributed by atoms with Crippen LogP contribution in [0.4, 0.5) is 5.69 Å². The highest BCUT2D eigenvalue weighted by Crippen LogP contribution is 2.26. The quantitative estimate of drug-likeness (QED) is 0.495. The number of hydrazone groups is 1. The smallest absolute Gasteiger partial charge is 0.0625 e. The predicted octanol–water partition coefficient (Wildman–Crippen LogP) is 4.36. The molecule has 0 radical (unpaired) electrons. The average molecular weight is 263 g/mol. The van der Waals surface area contributed by atoms with Crippen LogP contribution in [0, 0.1) is 18.3 Å². The molecule has 0 saturated carbocycles. The zero-order valence-electron chi connectivity index (χ0n) is 11.5. The van der Waals surface area contributed by atoms with Gasteiger partial charge in [0.05, 0.1) is 11.8 Å². The van der Waals surface area contributed by atoms with Gasteiger partial charge in [-0.05, 0) is 42.2 Å². The van der Waals surface area contributed by atoms with Crippen LogP contribution in [0.25, 0.3) is 11.1 Å². The first-order valence-corrected chi connectivity index (χ1v) is 6.62. The summed E-state index contributed by atoms with van der Waals surface area (Å²) in [6, 6.07) is 18.5. The normalized spacial score (nSPS) is 10.4. The second-order valence-electron chi connectivity index (χ2n) is 4.52. The maximum absolute atomic E-state index is 8.44. The highest BCUT2D eigenvalue weighted by atomic mass is 15.3. The van der Waals surface area contributed by atoms with Crippen LogP contribution in [0.3, 0.4) is 0 Å². The molecule has 0 spiro atoms. The predicted molar refractivity (Wildman–Crippen MR) is 83.6 cm³/mol. The molecule has 3 nitrogen and oxygen atoms in total. The molecule has 2 aromatic rings. The topological polar surface area (TPSA) is 48.2 Å². The number of nitrogens with one attached hydrogen (secondary N) is 1. The monoisotopic (exact) mass is 263 g/mol. The van der Waals surface area contributed by atoms with Gasteiger partial charge < -0.3 is 0 Å². The molecule has 1 N–H and O–H groups in total. The second-order valence-corrected chi connectivity index (χ2v) is 4.52. The van der Waals surface area contributed by atoms with Gasteiger partial charge in [0.1, 0.15) is 0 Å². The third-order valence-electron chi connectivity index (χ3n) is 2.99. The lowest BCUT2D eigenvalue weighted by Crippen LogP contribution is -1.91. The summed E-state index contributed by atoms with van der Waals surface area (Å²) in [4.78, 5) is 0. The van der Waals surface area contributed by atoms with Gasteiger partial charge in [-0.15, -0.1) is 0 Å². The first-order chi connectivity index (χ1) is 9.81. The Balaban J connectivity index is 2.13. The first-order valence-electron chi connectivity index (χ1n) is 6.62. The highest BCUT2D eigenvalue weighted by Gasteiger charge is 2.02. The van der Waals surface area contributed by atoms with Crippen LogP contribution in [-0.2, 0) is 0 Å². The van der Waals surface area contributed by atoms with Gasteiger partial charge in [0.2, 0.25) is 0 Å². The molecule has 0 saturated heterocycles. The first kappa shape index (κ1) is 13.8. The molecule has 0 bridgehead atoms. The number of nitriles is 1. The van der Waals surface area contributed by atoms with Crippen molar-refractivity contribution in [1.82, 2.24) is 0 Å². The van der Waals surface area contributed by atoms with Crippen LogP contribution in [0.5, 0.6) is 0 Å². The molecule has 2 rings (SSSR count). The molecule has 20 heavy (non-hydrogen) atoms. The summed E-state index contributed by atoms with van der Waals surface area (Å²) < 4.78 is 0. The third kappa shape index (κ3) is 3.69. The van der Waals surface area contributed by atoms with Crippen molar-refractivity contribution in [2.45, 2.75) is 19.8 Å². The summed E-state index contributed by atoms with van der Waals surface area (Å²) in [5.41, 5.74) is 7.57. The van der Waals surface area contributed by atoms with Gasteiger partial charge in [-0.1, -0.05) is 36.4 Å². The van der Waals surface area contributed by atoms with E-state index in [1.165, 1.54) is 16.7 Å². The van der Waals surface area contributed by atoms with Crippen molar-refractivity contribution in [3.8, 4) is 17.2 Å². The van der Waals surface area contributed by atoms with Crippen molar-refractivity contribution >= 4 is 11.9 Å². The van der Waals surface area contributed by atoms with Crippen molar-refractivity contribution in [3.05, 3.63) is 54.1 Å². The van der Waals surface area contributed by atoms with Gasteiger partial charge in [-0.2, -0.15) is 10.4 Å². The number of hydrogen-bond acceptors (Lipinski definition) is 3. The van der Waals surface area contributed by atoms with E-state index in [0.29, 0.717) is 12.8 Å². The second kappa shape index (κ2) is 7.10. The number of nitrogens with zero attached hydrogens (tertiary/aromatic N) is 2. The fraction of sp³-hybridized carbons (Fsp3) is 0.176. The molecule has 3 heteroatoms. The highest BCUT2D eigenvalue weighted by molar-refractivity contribution is 5.71.